The predicted molar refractivity (Wildman–Crippen MR) is 134 cm³/mol. The summed E-state index contributed by atoms with van der Waals surface area (Å²) in [6.07, 6.45) is 6.82. The number of thiazole rings is 1. The Bertz CT molecular complexity index is 928. The van der Waals surface area contributed by atoms with Gasteiger partial charge in [-0.2, -0.15) is 0 Å². The molecular weight excluding hydrogens is 480 g/mol. The smallest absolute Gasteiger partial charge is 0.324 e. The fourth-order valence-electron chi connectivity index (χ4n) is 4.08. The number of aromatic nitrogens is 1. The molecule has 2 heterocycles. The van der Waals surface area contributed by atoms with Gasteiger partial charge in [-0.1, -0.05) is 36.7 Å². The van der Waals surface area contributed by atoms with Gasteiger partial charge in [-0.3, -0.25) is 14.9 Å². The summed E-state index contributed by atoms with van der Waals surface area (Å²) < 4.78 is 0.740. The zero-order valence-corrected chi connectivity index (χ0v) is 21.3. The Labute approximate surface area is 206 Å². The van der Waals surface area contributed by atoms with Gasteiger partial charge in [-0.05, 0) is 38.1 Å². The maximum Gasteiger partial charge on any atom is 0.324 e. The molecule has 1 aliphatic carbocycles. The molecule has 1 saturated carbocycles. The fraction of sp³-hybridized carbons (Fsp3) is 0.545. The normalized spacial score (nSPS) is 15.1. The zero-order valence-electron chi connectivity index (χ0n) is 18.9. The molecule has 3 rings (SSSR count). The van der Waals surface area contributed by atoms with E-state index in [9.17, 15) is 14.4 Å². The molecule has 2 aromatic heterocycles. The minimum absolute atomic E-state index is 0.0108. The predicted octanol–water partition coefficient (Wildman–Crippen LogP) is 5.10. The summed E-state index contributed by atoms with van der Waals surface area (Å²) >= 11 is 3.87. The van der Waals surface area contributed by atoms with Crippen LogP contribution in [0.4, 0.5) is 9.93 Å². The number of nitrogens with zero attached hydrogens (tertiary/aromatic N) is 3. The SMILES string of the molecule is CCN(C[C@@H](C)N(C(=O)Nc1ncc(SCC(=O)O)s1)C1CCCCC1)C(=O)c1cccs1. The van der Waals surface area contributed by atoms with Crippen molar-refractivity contribution in [2.75, 3.05) is 24.2 Å². The molecule has 2 N–H and O–H groups in total. The highest BCUT2D eigenvalue weighted by atomic mass is 32.2. The van der Waals surface area contributed by atoms with Gasteiger partial charge in [0.2, 0.25) is 0 Å². The quantitative estimate of drug-likeness (QED) is 0.431. The minimum Gasteiger partial charge on any atom is -0.481 e. The lowest BCUT2D eigenvalue weighted by Gasteiger charge is -2.40. The summed E-state index contributed by atoms with van der Waals surface area (Å²) in [5, 5.41) is 14.1. The van der Waals surface area contributed by atoms with Crippen molar-refractivity contribution in [3.05, 3.63) is 28.6 Å². The number of carboxylic acid groups (broad SMARTS) is 1. The summed E-state index contributed by atoms with van der Waals surface area (Å²) in [6, 6.07) is 3.42. The van der Waals surface area contributed by atoms with E-state index in [0.717, 1.165) is 29.9 Å². The van der Waals surface area contributed by atoms with Crippen LogP contribution in [-0.2, 0) is 4.79 Å². The molecule has 0 aromatic carbocycles. The van der Waals surface area contributed by atoms with Crippen molar-refractivity contribution in [3.8, 4) is 0 Å². The van der Waals surface area contributed by atoms with Crippen LogP contribution in [0.1, 0.15) is 55.6 Å². The standard InChI is InChI=1S/C22H30N4O4S3/c1-3-25(20(29)17-10-7-11-31-17)13-15(2)26(16-8-5-4-6-9-16)22(30)24-21-23-12-19(33-21)32-14-18(27)28/h7,10-12,15-16H,3-6,8-9,13-14H2,1-2H3,(H,27,28)(H,23,24,30)/t15-/m1/s1. The minimum atomic E-state index is -0.895. The molecule has 8 nitrogen and oxygen atoms in total. The van der Waals surface area contributed by atoms with E-state index in [1.54, 1.807) is 11.1 Å². The van der Waals surface area contributed by atoms with Crippen LogP contribution >= 0.6 is 34.4 Å². The topological polar surface area (TPSA) is 103 Å². The summed E-state index contributed by atoms with van der Waals surface area (Å²) in [5.41, 5.74) is 0. The van der Waals surface area contributed by atoms with Crippen molar-refractivity contribution in [2.45, 2.75) is 62.2 Å². The van der Waals surface area contributed by atoms with E-state index < -0.39 is 5.97 Å². The monoisotopic (exact) mass is 510 g/mol. The average Bonchev–Trinajstić information content (AvgIpc) is 3.49. The van der Waals surface area contributed by atoms with Crippen LogP contribution < -0.4 is 5.32 Å². The zero-order chi connectivity index (χ0) is 23.8. The van der Waals surface area contributed by atoms with E-state index in [4.69, 9.17) is 5.11 Å². The number of rotatable bonds is 10. The van der Waals surface area contributed by atoms with Gasteiger partial charge in [0.05, 0.1) is 21.0 Å². The molecule has 0 spiro atoms. The van der Waals surface area contributed by atoms with Gasteiger partial charge in [0.15, 0.2) is 5.13 Å². The number of thioether (sulfide) groups is 1. The van der Waals surface area contributed by atoms with Gasteiger partial charge in [0.1, 0.15) is 0 Å². The first-order valence-electron chi connectivity index (χ1n) is 11.1. The fourth-order valence-corrected chi connectivity index (χ4v) is 6.35. The Morgan fingerprint density at radius 1 is 1.30 bits per heavy atom. The summed E-state index contributed by atoms with van der Waals surface area (Å²) in [4.78, 5) is 45.7. The van der Waals surface area contributed by atoms with Crippen molar-refractivity contribution in [2.24, 2.45) is 0 Å². The Balaban J connectivity index is 1.71. The second kappa shape index (κ2) is 12.4. The van der Waals surface area contributed by atoms with Gasteiger partial charge in [0.25, 0.3) is 5.91 Å². The number of carbonyl (C=O) groups is 3. The van der Waals surface area contributed by atoms with E-state index in [-0.39, 0.29) is 29.8 Å². The first-order chi connectivity index (χ1) is 15.9. The van der Waals surface area contributed by atoms with E-state index in [1.165, 1.54) is 40.9 Å². The summed E-state index contributed by atoms with van der Waals surface area (Å²) in [6.45, 7) is 4.97. The molecule has 3 amide bonds. The van der Waals surface area contributed by atoms with Crippen LogP contribution in [0.5, 0.6) is 0 Å². The van der Waals surface area contributed by atoms with Crippen LogP contribution in [0.15, 0.2) is 27.9 Å². The number of nitrogens with one attached hydrogen (secondary N) is 1. The van der Waals surface area contributed by atoms with Gasteiger partial charge < -0.3 is 14.9 Å². The number of anilines is 1. The number of carboxylic acids is 1. The third kappa shape index (κ3) is 7.18. The average molecular weight is 511 g/mol. The number of hydrogen-bond acceptors (Lipinski definition) is 7. The third-order valence-corrected chi connectivity index (χ3v) is 8.55. The van der Waals surface area contributed by atoms with E-state index in [2.05, 4.69) is 10.3 Å². The number of likely N-dealkylation sites (N-methyl/N-ethyl adjacent to an activating group) is 1. The van der Waals surface area contributed by atoms with Crippen LogP contribution in [0.3, 0.4) is 0 Å². The number of thiophene rings is 1. The third-order valence-electron chi connectivity index (χ3n) is 5.60. The van der Waals surface area contributed by atoms with Crippen molar-refractivity contribution in [1.29, 1.82) is 0 Å². The largest absolute Gasteiger partial charge is 0.481 e. The molecule has 0 unspecified atom stereocenters. The number of carbonyl (C=O) groups excluding carboxylic acids is 2. The van der Waals surface area contributed by atoms with Gasteiger partial charge in [-0.15, -0.1) is 23.1 Å². The molecule has 2 aromatic rings. The van der Waals surface area contributed by atoms with Crippen molar-refractivity contribution < 1.29 is 19.5 Å². The maximum absolute atomic E-state index is 13.4. The van der Waals surface area contributed by atoms with Crippen molar-refractivity contribution >= 4 is 57.5 Å². The second-order valence-electron chi connectivity index (χ2n) is 7.97. The maximum atomic E-state index is 13.4. The van der Waals surface area contributed by atoms with Crippen molar-refractivity contribution in [1.82, 2.24) is 14.8 Å². The van der Waals surface area contributed by atoms with Crippen LogP contribution in [0.25, 0.3) is 0 Å². The van der Waals surface area contributed by atoms with E-state index in [1.807, 2.05) is 36.3 Å². The Morgan fingerprint density at radius 3 is 2.70 bits per heavy atom. The summed E-state index contributed by atoms with van der Waals surface area (Å²) in [5.74, 6) is -0.955. The molecule has 1 atom stereocenters. The molecule has 0 bridgehead atoms. The molecule has 0 aliphatic heterocycles. The number of amides is 3. The lowest BCUT2D eigenvalue weighted by molar-refractivity contribution is -0.133. The highest BCUT2D eigenvalue weighted by molar-refractivity contribution is 8.01. The van der Waals surface area contributed by atoms with Gasteiger partial charge >= 0.3 is 12.0 Å². The lowest BCUT2D eigenvalue weighted by atomic mass is 9.93. The van der Waals surface area contributed by atoms with Crippen LogP contribution in [0, 0.1) is 0 Å². The Morgan fingerprint density at radius 2 is 2.06 bits per heavy atom. The second-order valence-corrected chi connectivity index (χ2v) is 11.2. The molecule has 11 heteroatoms. The summed E-state index contributed by atoms with van der Waals surface area (Å²) in [7, 11) is 0. The first-order valence-corrected chi connectivity index (χ1v) is 13.8. The number of urea groups is 1. The Hall–Kier alpha value is -2.11. The number of hydrogen-bond donors (Lipinski definition) is 2. The van der Waals surface area contributed by atoms with Gasteiger partial charge in [-0.25, -0.2) is 9.78 Å². The highest BCUT2D eigenvalue weighted by Gasteiger charge is 2.32. The molecule has 0 radical (unpaired) electrons. The molecule has 0 saturated heterocycles. The first kappa shape index (κ1) is 25.5. The number of aliphatic carboxylic acids is 1. The van der Waals surface area contributed by atoms with Crippen molar-refractivity contribution in [3.63, 3.8) is 0 Å². The lowest BCUT2D eigenvalue weighted by Crippen LogP contribution is -2.53. The van der Waals surface area contributed by atoms with Gasteiger partial charge in [0, 0.05) is 25.2 Å². The van der Waals surface area contributed by atoms with Crippen LogP contribution in [0.2, 0.25) is 0 Å². The molecular formula is C22H30N4O4S3. The highest BCUT2D eigenvalue weighted by Crippen LogP contribution is 2.30. The molecule has 1 aliphatic rings. The Kier molecular flexibility index (Phi) is 9.57. The van der Waals surface area contributed by atoms with E-state index in [0.29, 0.717) is 23.1 Å². The molecule has 1 fully saturated rings. The van der Waals surface area contributed by atoms with E-state index >= 15 is 0 Å². The molecule has 180 valence electrons. The molecule has 33 heavy (non-hydrogen) atoms. The van der Waals surface area contributed by atoms with Crippen LogP contribution in [-0.4, -0.2) is 68.7 Å².